The first kappa shape index (κ1) is 111. The summed E-state index contributed by atoms with van der Waals surface area (Å²) in [5.41, 5.74) is 11.8. The van der Waals surface area contributed by atoms with Gasteiger partial charge in [0.2, 0.25) is 22.1 Å². The van der Waals surface area contributed by atoms with E-state index in [-0.39, 0.29) is 98.7 Å². The lowest BCUT2D eigenvalue weighted by Gasteiger charge is -2.22. The van der Waals surface area contributed by atoms with Crippen LogP contribution in [0, 0.1) is 12.3 Å². The number of primary sulfonamides is 1. The number of carbonyl (C=O) groups is 6. The summed E-state index contributed by atoms with van der Waals surface area (Å²) in [6, 6.07) is 39.1. The van der Waals surface area contributed by atoms with Crippen LogP contribution in [0.4, 0.5) is 39.5 Å². The Hall–Kier alpha value is -14.8. The molecule has 13 N–H and O–H groups in total. The lowest BCUT2D eigenvalue weighted by Crippen LogP contribution is -2.47. The first-order chi connectivity index (χ1) is 69.1. The molecule has 39 nitrogen and oxygen atoms in total. The molecule has 0 spiro atoms. The molecule has 0 aliphatic rings. The number of aromatic nitrogens is 9. The first-order valence-corrected chi connectivity index (χ1v) is 47.7. The third-order valence-electron chi connectivity index (χ3n) is 20.1. The molecule has 0 aliphatic carbocycles. The molecule has 0 saturated carbocycles. The summed E-state index contributed by atoms with van der Waals surface area (Å²) in [4.78, 5) is 101. The van der Waals surface area contributed by atoms with Crippen LogP contribution in [0.3, 0.4) is 0 Å². The second-order valence-corrected chi connectivity index (χ2v) is 37.1. The summed E-state index contributed by atoms with van der Waals surface area (Å²) < 4.78 is 181. The van der Waals surface area contributed by atoms with Gasteiger partial charge in [-0.25, -0.2) is 52.3 Å². The van der Waals surface area contributed by atoms with Crippen LogP contribution >= 0.6 is 58.1 Å². The van der Waals surface area contributed by atoms with Crippen molar-refractivity contribution in [3.63, 3.8) is 0 Å². The Labute approximate surface area is 836 Å². The number of alkyl halides is 9. The number of carbonyl (C=O) groups excluding carboxylic acids is 5. The number of nitrogens with two attached hydrogens (primary N) is 3. The Bertz CT molecular complexity index is 6970. The van der Waals surface area contributed by atoms with Crippen molar-refractivity contribution in [1.29, 1.82) is 0 Å². The zero-order valence-corrected chi connectivity index (χ0v) is 80.1. The highest BCUT2D eigenvalue weighted by Gasteiger charge is 2.37. The quantitative estimate of drug-likeness (QED) is 0.00196. The minimum absolute atomic E-state index is 0.00566. The van der Waals surface area contributed by atoms with Crippen molar-refractivity contribution in [1.82, 2.24) is 60.9 Å². The maximum absolute atomic E-state index is 13.8. The number of phenolic OH excluding ortho intramolecular Hbond substituents is 3. The van der Waals surface area contributed by atoms with Gasteiger partial charge in [-0.1, -0.05) is 94.3 Å². The van der Waals surface area contributed by atoms with Gasteiger partial charge in [-0.2, -0.15) is 51.3 Å². The smallest absolute Gasteiger partial charge is 0.416 e. The monoisotopic (exact) mass is 2130 g/mol. The third-order valence-corrected chi connectivity index (χ3v) is 25.8. The van der Waals surface area contributed by atoms with E-state index in [0.717, 1.165) is 93.4 Å². The number of carboxylic acid groups (broad SMARTS) is 1. The van der Waals surface area contributed by atoms with Gasteiger partial charge in [0.25, 0.3) is 10.0 Å². The number of amides is 3. The number of nitrogens with zero attached hydrogens (tertiary/aromatic N) is 12. The molecule has 145 heavy (non-hydrogen) atoms. The highest BCUT2D eigenvalue weighted by Crippen LogP contribution is 2.38. The number of aromatic hydroxyl groups is 3. The average Bonchev–Trinajstić information content (AvgIpc) is 1.67. The number of sulfonamides is 1. The molecule has 4 unspecified atom stereocenters. The number of ether oxygens (including phenoxy) is 5. The van der Waals surface area contributed by atoms with Crippen molar-refractivity contribution in [3.8, 4) is 46.8 Å². The second-order valence-electron chi connectivity index (χ2n) is 30.4. The Morgan fingerprint density at radius 2 is 0.855 bits per heavy atom. The van der Waals surface area contributed by atoms with Gasteiger partial charge >= 0.3 is 36.4 Å². The molecule has 0 saturated heterocycles. The molecule has 0 radical (unpaired) electrons. The van der Waals surface area contributed by atoms with Crippen molar-refractivity contribution in [2.24, 2.45) is 22.0 Å². The van der Waals surface area contributed by atoms with Crippen LogP contribution in [0.25, 0.3) is 41.1 Å². The van der Waals surface area contributed by atoms with E-state index in [0.29, 0.717) is 86.4 Å². The summed E-state index contributed by atoms with van der Waals surface area (Å²) in [7, 11) is -3.76. The predicted molar refractivity (Wildman–Crippen MR) is 506 cm³/mol. The summed E-state index contributed by atoms with van der Waals surface area (Å²) in [5.74, 6) is 8.71. The fourth-order valence-corrected chi connectivity index (χ4v) is 17.7. The van der Waals surface area contributed by atoms with Gasteiger partial charge in [0.05, 0.1) is 72.9 Å². The molecule has 6 atom stereocenters. The van der Waals surface area contributed by atoms with E-state index in [1.165, 1.54) is 105 Å². The van der Waals surface area contributed by atoms with Gasteiger partial charge in [0.1, 0.15) is 126 Å². The van der Waals surface area contributed by atoms with Crippen molar-refractivity contribution >= 4 is 134 Å². The topological polar surface area (TPSA) is 564 Å². The van der Waals surface area contributed by atoms with Gasteiger partial charge < -0.3 is 60.1 Å². The highest BCUT2D eigenvalue weighted by molar-refractivity contribution is 7.96. The number of esters is 2. The third kappa shape index (κ3) is 33.6. The molecule has 14 rings (SSSR count). The number of benzene rings is 9. The Morgan fingerprint density at radius 1 is 0.490 bits per heavy atom. The van der Waals surface area contributed by atoms with Gasteiger partial charge in [0, 0.05) is 49.1 Å². The average molecular weight is 2130 g/mol. The fourth-order valence-electron chi connectivity index (χ4n) is 13.2. The van der Waals surface area contributed by atoms with E-state index in [9.17, 15) is 97.1 Å². The van der Waals surface area contributed by atoms with Gasteiger partial charge in [0.15, 0.2) is 8.68 Å². The molecule has 5 aromatic heterocycles. The van der Waals surface area contributed by atoms with E-state index in [2.05, 4.69) is 86.1 Å². The number of fused-ring (bicyclic) bond motifs is 3. The molecule has 0 bridgehead atoms. The predicted octanol–water partition coefficient (Wildman–Crippen LogP) is 14.6. The Balaban J connectivity index is 0.000000194. The number of terminal acetylenes is 1. The molecule has 0 aliphatic heterocycles. The SMILES string of the molecule is C#CCOc1ccc2nc(S(N)(=O)=O)sc2c1.CCOC(=O)C(Cc1ccc(C(F)(F)F)cc1)NC(=O)C(Cc1ccc(O)cc1)n1cc(COc2ccc3sc(SOON)nc3c2)nn1.CCOC(=O)[C@H](Cc1ccc(C(F)(F)F)cc1)NC(=O)[C@H](Cc1ccc(O)cc1)N=[N+]=[N-].NOOSc1nc2cc(OCc3cn(C(Cc4ccc(O)cc4)C(=O)NC(Cc4ccc(C(F)(F)F)cc4)C(=O)O)nn3)ccc2s1. The van der Waals surface area contributed by atoms with Crippen LogP contribution < -0.4 is 47.1 Å². The molecule has 5 heterocycles. The largest absolute Gasteiger partial charge is 0.508 e. The molecular weight excluding hydrogens is 2040 g/mol. The minimum atomic E-state index is -4.55. The lowest BCUT2D eigenvalue weighted by atomic mass is 10.0. The number of halogens is 9. The maximum Gasteiger partial charge on any atom is 0.416 e. The molecule has 3 amide bonds. The maximum atomic E-state index is 13.8. The lowest BCUT2D eigenvalue weighted by molar-refractivity contribution is -0.195. The normalized spacial score (nSPS) is 12.7. The van der Waals surface area contributed by atoms with E-state index < -0.39 is 117 Å². The van der Waals surface area contributed by atoms with E-state index in [1.807, 2.05) is 12.1 Å². The summed E-state index contributed by atoms with van der Waals surface area (Å²) in [6.07, 6.45) is -5.85. The van der Waals surface area contributed by atoms with Crippen molar-refractivity contribution in [2.45, 2.75) is 133 Å². The molecular formula is C91H83F9N18O21S6. The second kappa shape index (κ2) is 51.9. The van der Waals surface area contributed by atoms with E-state index in [4.69, 9.17) is 52.6 Å². The van der Waals surface area contributed by atoms with Crippen molar-refractivity contribution in [2.75, 3.05) is 19.8 Å². The zero-order chi connectivity index (χ0) is 105. The molecule has 14 aromatic rings. The van der Waals surface area contributed by atoms with Gasteiger partial charge in [-0.3, -0.25) is 14.4 Å². The zero-order valence-electron chi connectivity index (χ0n) is 75.2. The highest BCUT2D eigenvalue weighted by atomic mass is 32.2. The number of hydrogen-bond acceptors (Lipinski definition) is 35. The van der Waals surface area contributed by atoms with E-state index >= 15 is 0 Å². The summed E-state index contributed by atoms with van der Waals surface area (Å²) >= 11 is 5.46. The summed E-state index contributed by atoms with van der Waals surface area (Å²) in [6.45, 7) is 3.35. The number of phenols is 3. The number of thiazole rings is 3. The van der Waals surface area contributed by atoms with Gasteiger partial charge in [-0.05, 0) is 174 Å². The molecule has 762 valence electrons. The Kier molecular flexibility index (Phi) is 39.6. The van der Waals surface area contributed by atoms with E-state index in [1.54, 1.807) is 92.7 Å². The van der Waals surface area contributed by atoms with Crippen molar-refractivity contribution in [3.05, 3.63) is 284 Å². The molecule has 0 fully saturated rings. The minimum Gasteiger partial charge on any atom is -0.508 e. The molecule has 54 heteroatoms. The van der Waals surface area contributed by atoms with Crippen LogP contribution in [0.5, 0.6) is 34.5 Å². The summed E-state index contributed by atoms with van der Waals surface area (Å²) in [5, 5.41) is 71.2. The van der Waals surface area contributed by atoms with Crippen molar-refractivity contribution < 1.29 is 139 Å². The number of azide groups is 1. The fraction of sp³-hybridized carbons (Fsp3) is 0.242. The number of nitrogens with one attached hydrogen (secondary N) is 3. The van der Waals surface area contributed by atoms with Crippen LogP contribution in [-0.2, 0) is 137 Å². The standard InChI is InChI=1S/C31H29F3N6O7S2.C29H25F3N6O7S2.C21H21F3N4O4.C10H8N2O3S2/c1-2-44-29(43)25(13-18-3-7-20(8-4-18)31(32,33)34)36-28(42)26(14-19-5-9-22(41)10-6-19)40-16-21(38-39-40)17-45-23-11-12-27-24(15-23)37-30(48-27)49-47-46-35;30-29(31,32)18-5-1-16(2-6-18)11-23(27(41)42)34-26(40)24(12-17-3-7-20(39)8-4-17)38-14-19(36-37-38)15-43-21-9-10-25-22(13-21)35-28(46-25)47-45-44-33;1-2-32-20(31)18(12-13-3-7-15(8-4-13)21(22,23)24)26-19(30)17(27-28-25)11-14-5-9-16(29)10-6-14;1-2-5-15-7-3-4-8-9(6-7)16-10(12-8)17(11,13)14/h3-12,15-16,25-26,41H,2,13-14,17,35H2,1H3,(H,36,42);1-10,13-14,23-24,39H,11-12,15,33H2,(H,34,40)(H,41,42);3-10,17-18,29H,2,11-12H2,1H3,(H,26,30);1,3-4,6H,5H2,(H2,11,13,14)/t;;17-,18-;/m..0./s1. The number of hydrogen-bond donors (Lipinski definition) is 10. The Morgan fingerprint density at radius 3 is 1.23 bits per heavy atom. The number of rotatable bonds is 41. The van der Waals surface area contributed by atoms with Crippen LogP contribution in [0.1, 0.15) is 87.4 Å². The van der Waals surface area contributed by atoms with Gasteiger partial charge in [-0.15, -0.1) is 69.3 Å². The van der Waals surface area contributed by atoms with Crippen LogP contribution in [0.2, 0.25) is 0 Å². The number of carboxylic acids is 1. The number of aliphatic carboxylic acids is 1. The van der Waals surface area contributed by atoms with Crippen LogP contribution in [0.15, 0.2) is 231 Å². The van der Waals surface area contributed by atoms with Crippen LogP contribution in [-0.4, -0.2) is 153 Å². The first-order valence-electron chi connectivity index (χ1n) is 42.3. The molecule has 9 aromatic carbocycles.